The van der Waals surface area contributed by atoms with E-state index in [4.69, 9.17) is 37.9 Å². The summed E-state index contributed by atoms with van der Waals surface area (Å²) in [5.41, 5.74) is 5.70. The molecule has 2 aromatic carbocycles. The van der Waals surface area contributed by atoms with Crippen LogP contribution in [0.4, 0.5) is 5.69 Å². The average molecular weight is 333 g/mol. The highest BCUT2D eigenvalue weighted by atomic mass is 35.5. The van der Waals surface area contributed by atoms with Crippen LogP contribution >= 0.6 is 11.6 Å². The summed E-state index contributed by atoms with van der Waals surface area (Å²) >= 11 is 5.53. The summed E-state index contributed by atoms with van der Waals surface area (Å²) in [5.74, 6) is -1.18. The molecule has 0 unspecified atom stereocenters. The third-order valence-corrected chi connectivity index (χ3v) is 2.76. The van der Waals surface area contributed by atoms with E-state index in [-0.39, 0.29) is 17.1 Å². The lowest BCUT2D eigenvalue weighted by Gasteiger charge is -1.95. The highest BCUT2D eigenvalue weighted by molar-refractivity contribution is 6.30. The lowest BCUT2D eigenvalue weighted by Crippen LogP contribution is -1.97. The zero-order valence-electron chi connectivity index (χ0n) is 11.8. The number of rotatable bonds is 2. The number of phenolic OH excluding ortho intramolecular Hbond substituents is 2. The summed E-state index contributed by atoms with van der Waals surface area (Å²) in [5, 5.41) is 35.5. The van der Waals surface area contributed by atoms with Gasteiger partial charge in [-0.05, 0) is 42.0 Å². The number of hydrogen-bond donors (Lipinski definition) is 4. The summed E-state index contributed by atoms with van der Waals surface area (Å²) in [4.78, 5) is 10.5. The molecule has 0 aliphatic rings. The minimum Gasteiger partial charge on any atom is -0.508 e. The molecule has 0 saturated carbocycles. The predicted octanol–water partition coefficient (Wildman–Crippen LogP) is 3.01. The lowest BCUT2D eigenvalue weighted by molar-refractivity contribution is -0.132. The Labute approximate surface area is 137 Å². The molecule has 118 valence electrons. The van der Waals surface area contributed by atoms with Crippen molar-refractivity contribution < 1.29 is 20.1 Å². The first-order valence-corrected chi connectivity index (χ1v) is 6.59. The number of nitrogen functional groups attached to an aromatic ring is 1. The molecular weight excluding hydrogens is 320 g/mol. The van der Waals surface area contributed by atoms with Gasteiger partial charge in [-0.3, -0.25) is 0 Å². The van der Waals surface area contributed by atoms with Crippen molar-refractivity contribution in [3.8, 4) is 17.6 Å². The van der Waals surface area contributed by atoms with E-state index in [2.05, 4.69) is 0 Å². The summed E-state index contributed by atoms with van der Waals surface area (Å²) in [6.45, 7) is 0. The van der Waals surface area contributed by atoms with E-state index in [1.54, 1.807) is 24.3 Å². The van der Waals surface area contributed by atoms with Crippen LogP contribution in [0.25, 0.3) is 6.08 Å². The van der Waals surface area contributed by atoms with Gasteiger partial charge in [-0.25, -0.2) is 4.79 Å². The van der Waals surface area contributed by atoms with Crippen LogP contribution in [0.5, 0.6) is 11.5 Å². The molecule has 0 bridgehead atoms. The zero-order valence-corrected chi connectivity index (χ0v) is 12.5. The highest BCUT2D eigenvalue weighted by Crippen LogP contribution is 2.22. The number of carboxylic acid groups (broad SMARTS) is 1. The second kappa shape index (κ2) is 8.32. The number of carboxylic acids is 1. The molecule has 0 aliphatic heterocycles. The normalized spacial score (nSPS) is 10.2. The van der Waals surface area contributed by atoms with Crippen molar-refractivity contribution in [3.63, 3.8) is 0 Å². The number of hydrogen-bond acceptors (Lipinski definition) is 5. The monoisotopic (exact) mass is 332 g/mol. The standard InChI is InChI=1S/C10H7NO3.C6H6ClNO/c11-6-8(10(13)14)4-7-2-1-3-9(12)5-7;7-4-1-2-6(9)5(8)3-4/h1-5,12H,(H,13,14);1-3,9H,8H2. The Bertz CT molecular complexity index is 782. The van der Waals surface area contributed by atoms with E-state index in [0.717, 1.165) is 0 Å². The first-order chi connectivity index (χ1) is 10.8. The smallest absolute Gasteiger partial charge is 0.346 e. The van der Waals surface area contributed by atoms with Crippen molar-refractivity contribution in [2.75, 3.05) is 5.73 Å². The van der Waals surface area contributed by atoms with Crippen molar-refractivity contribution in [2.24, 2.45) is 0 Å². The number of carbonyl (C=O) groups is 1. The molecule has 0 atom stereocenters. The SMILES string of the molecule is N#CC(=Cc1cccc(O)c1)C(=O)O.Nc1cc(Cl)ccc1O. The molecule has 6 nitrogen and oxygen atoms in total. The quantitative estimate of drug-likeness (QED) is 0.290. The molecule has 0 saturated heterocycles. The molecular formula is C16H13ClN2O4. The average Bonchev–Trinajstić information content (AvgIpc) is 2.49. The summed E-state index contributed by atoms with van der Waals surface area (Å²) in [7, 11) is 0. The first kappa shape index (κ1) is 17.9. The Morgan fingerprint density at radius 3 is 2.39 bits per heavy atom. The molecule has 5 N–H and O–H groups in total. The van der Waals surface area contributed by atoms with Crippen molar-refractivity contribution in [2.45, 2.75) is 0 Å². The van der Waals surface area contributed by atoms with Gasteiger partial charge in [-0.15, -0.1) is 0 Å². The molecule has 2 aromatic rings. The molecule has 23 heavy (non-hydrogen) atoms. The third kappa shape index (κ3) is 5.99. The second-order valence-corrected chi connectivity index (χ2v) is 4.71. The van der Waals surface area contributed by atoms with Crippen LogP contribution in [0, 0.1) is 11.3 Å². The summed E-state index contributed by atoms with van der Waals surface area (Å²) in [6, 6.07) is 12.1. The van der Waals surface area contributed by atoms with Crippen molar-refractivity contribution in [3.05, 3.63) is 58.6 Å². The van der Waals surface area contributed by atoms with Gasteiger partial charge in [0.1, 0.15) is 23.1 Å². The zero-order chi connectivity index (χ0) is 17.4. The van der Waals surface area contributed by atoms with E-state index < -0.39 is 5.97 Å². The van der Waals surface area contributed by atoms with E-state index >= 15 is 0 Å². The Hall–Kier alpha value is -3.17. The minimum atomic E-state index is -1.28. The number of nitriles is 1. The Balaban J connectivity index is 0.000000253. The van der Waals surface area contributed by atoms with Crippen molar-refractivity contribution in [1.82, 2.24) is 0 Å². The van der Waals surface area contributed by atoms with Gasteiger partial charge in [-0.1, -0.05) is 23.7 Å². The fourth-order valence-electron chi connectivity index (χ4n) is 1.45. The van der Waals surface area contributed by atoms with Crippen LogP contribution in [0.3, 0.4) is 0 Å². The predicted molar refractivity (Wildman–Crippen MR) is 86.9 cm³/mol. The topological polar surface area (TPSA) is 128 Å². The van der Waals surface area contributed by atoms with Crippen molar-refractivity contribution in [1.29, 1.82) is 5.26 Å². The maximum absolute atomic E-state index is 10.5. The van der Waals surface area contributed by atoms with Gasteiger partial charge in [-0.2, -0.15) is 5.26 Å². The van der Waals surface area contributed by atoms with Gasteiger partial charge in [0.05, 0.1) is 5.69 Å². The summed E-state index contributed by atoms with van der Waals surface area (Å²) < 4.78 is 0. The Morgan fingerprint density at radius 2 is 1.91 bits per heavy atom. The van der Waals surface area contributed by atoms with Crippen LogP contribution in [0.2, 0.25) is 5.02 Å². The maximum Gasteiger partial charge on any atom is 0.346 e. The molecule has 0 heterocycles. The van der Waals surface area contributed by atoms with E-state index in [0.29, 0.717) is 16.3 Å². The molecule has 0 aromatic heterocycles. The molecule has 0 aliphatic carbocycles. The van der Waals surface area contributed by atoms with Gasteiger partial charge in [0.2, 0.25) is 0 Å². The Morgan fingerprint density at radius 1 is 1.22 bits per heavy atom. The van der Waals surface area contributed by atoms with Crippen LogP contribution in [-0.4, -0.2) is 21.3 Å². The molecule has 0 spiro atoms. The van der Waals surface area contributed by atoms with Gasteiger partial charge < -0.3 is 21.1 Å². The number of nitrogens with two attached hydrogens (primary N) is 1. The Kier molecular flexibility index (Phi) is 6.46. The molecule has 0 radical (unpaired) electrons. The van der Waals surface area contributed by atoms with Crippen LogP contribution in [0.1, 0.15) is 5.56 Å². The van der Waals surface area contributed by atoms with Crippen LogP contribution < -0.4 is 5.73 Å². The number of aliphatic carboxylic acids is 1. The van der Waals surface area contributed by atoms with Gasteiger partial charge in [0.25, 0.3) is 0 Å². The van der Waals surface area contributed by atoms with E-state index in [1.165, 1.54) is 30.3 Å². The molecule has 0 fully saturated rings. The number of aromatic hydroxyl groups is 2. The van der Waals surface area contributed by atoms with Crippen LogP contribution in [-0.2, 0) is 4.79 Å². The van der Waals surface area contributed by atoms with Gasteiger partial charge >= 0.3 is 5.97 Å². The highest BCUT2D eigenvalue weighted by Gasteiger charge is 2.05. The fourth-order valence-corrected chi connectivity index (χ4v) is 1.63. The summed E-state index contributed by atoms with van der Waals surface area (Å²) in [6.07, 6.45) is 1.20. The lowest BCUT2D eigenvalue weighted by atomic mass is 10.1. The van der Waals surface area contributed by atoms with E-state index in [1.807, 2.05) is 0 Å². The minimum absolute atomic E-state index is 0.0291. The number of halogens is 1. The van der Waals surface area contributed by atoms with Gasteiger partial charge in [0.15, 0.2) is 0 Å². The largest absolute Gasteiger partial charge is 0.508 e. The number of nitrogens with zero attached hydrogens (tertiary/aromatic N) is 1. The third-order valence-electron chi connectivity index (χ3n) is 2.52. The maximum atomic E-state index is 10.5. The van der Waals surface area contributed by atoms with E-state index in [9.17, 15) is 4.79 Å². The molecule has 2 rings (SSSR count). The fraction of sp³-hybridized carbons (Fsp3) is 0. The molecule has 0 amide bonds. The van der Waals surface area contributed by atoms with Crippen molar-refractivity contribution >= 4 is 29.3 Å². The van der Waals surface area contributed by atoms with Crippen LogP contribution in [0.15, 0.2) is 48.0 Å². The second-order valence-electron chi connectivity index (χ2n) is 4.27. The number of phenols is 2. The molecule has 7 heteroatoms. The number of anilines is 1. The number of benzene rings is 2. The first-order valence-electron chi connectivity index (χ1n) is 6.21. The van der Waals surface area contributed by atoms with Gasteiger partial charge in [0, 0.05) is 5.02 Å².